The highest BCUT2D eigenvalue weighted by Crippen LogP contribution is 2.18. The van der Waals surface area contributed by atoms with Crippen LogP contribution in [0.15, 0.2) is 0 Å². The average molecular weight is 263 g/mol. The standard InChI is InChI=1S/C12H22N2O2.ClH/c15-11-6-2-1-5-10(11)14-12(16)8-9-4-3-7-13-9;/h9-11,13,15H,1-8H2,(H,14,16);1H/t9?,10-,11-;/m1./s1. The Kier molecular flexibility index (Phi) is 6.23. The van der Waals surface area contributed by atoms with Crippen molar-refractivity contribution >= 4 is 18.3 Å². The van der Waals surface area contributed by atoms with Gasteiger partial charge in [0.2, 0.25) is 5.91 Å². The fraction of sp³-hybridized carbons (Fsp3) is 0.917. The van der Waals surface area contributed by atoms with E-state index in [2.05, 4.69) is 10.6 Å². The molecule has 1 aliphatic carbocycles. The van der Waals surface area contributed by atoms with Gasteiger partial charge < -0.3 is 15.7 Å². The van der Waals surface area contributed by atoms with Gasteiger partial charge in [0.1, 0.15) is 0 Å². The Hall–Kier alpha value is -0.320. The van der Waals surface area contributed by atoms with Crippen molar-refractivity contribution in [1.29, 1.82) is 0 Å². The monoisotopic (exact) mass is 262 g/mol. The summed E-state index contributed by atoms with van der Waals surface area (Å²) < 4.78 is 0. The van der Waals surface area contributed by atoms with Gasteiger partial charge in [0.15, 0.2) is 0 Å². The van der Waals surface area contributed by atoms with Crippen LogP contribution in [0.3, 0.4) is 0 Å². The Morgan fingerprint density at radius 3 is 2.65 bits per heavy atom. The van der Waals surface area contributed by atoms with E-state index < -0.39 is 0 Å². The summed E-state index contributed by atoms with van der Waals surface area (Å²) in [5.74, 6) is 0.0883. The molecule has 3 atom stereocenters. The first-order chi connectivity index (χ1) is 7.75. The van der Waals surface area contributed by atoms with Crippen LogP contribution in [0.25, 0.3) is 0 Å². The molecule has 1 heterocycles. The number of carbonyl (C=O) groups is 1. The highest BCUT2D eigenvalue weighted by molar-refractivity contribution is 5.85. The molecule has 1 aliphatic heterocycles. The Labute approximate surface area is 109 Å². The van der Waals surface area contributed by atoms with E-state index in [0.29, 0.717) is 12.5 Å². The lowest BCUT2D eigenvalue weighted by Gasteiger charge is -2.28. The van der Waals surface area contributed by atoms with Gasteiger partial charge in [-0.2, -0.15) is 0 Å². The van der Waals surface area contributed by atoms with Gasteiger partial charge in [0.25, 0.3) is 0 Å². The van der Waals surface area contributed by atoms with Crippen molar-refractivity contribution in [3.63, 3.8) is 0 Å². The van der Waals surface area contributed by atoms with Gasteiger partial charge in [-0.1, -0.05) is 12.8 Å². The molecule has 1 unspecified atom stereocenters. The summed E-state index contributed by atoms with van der Waals surface area (Å²) in [4.78, 5) is 11.8. The molecule has 1 amide bonds. The zero-order chi connectivity index (χ0) is 11.4. The Bertz CT molecular complexity index is 245. The van der Waals surface area contributed by atoms with Gasteiger partial charge in [0, 0.05) is 12.5 Å². The van der Waals surface area contributed by atoms with Crippen LogP contribution in [0.1, 0.15) is 44.9 Å². The van der Waals surface area contributed by atoms with E-state index in [0.717, 1.165) is 38.6 Å². The zero-order valence-electron chi connectivity index (χ0n) is 10.2. The maximum Gasteiger partial charge on any atom is 0.221 e. The molecule has 0 aromatic carbocycles. The first-order valence-corrected chi connectivity index (χ1v) is 6.46. The first-order valence-electron chi connectivity index (χ1n) is 6.46. The SMILES string of the molecule is Cl.O=C(CC1CCCN1)N[C@@H]1CCCC[C@H]1O. The number of aliphatic hydroxyl groups excluding tert-OH is 1. The van der Waals surface area contributed by atoms with Crippen molar-refractivity contribution < 1.29 is 9.90 Å². The number of halogens is 1. The number of rotatable bonds is 3. The largest absolute Gasteiger partial charge is 0.391 e. The highest BCUT2D eigenvalue weighted by Gasteiger charge is 2.25. The topological polar surface area (TPSA) is 61.4 Å². The van der Waals surface area contributed by atoms with Crippen molar-refractivity contribution in [2.45, 2.75) is 63.1 Å². The Morgan fingerprint density at radius 1 is 1.24 bits per heavy atom. The van der Waals surface area contributed by atoms with E-state index in [4.69, 9.17) is 0 Å². The number of aliphatic hydroxyl groups is 1. The maximum atomic E-state index is 11.8. The average Bonchev–Trinajstić information content (AvgIpc) is 2.74. The second-order valence-corrected chi connectivity index (χ2v) is 5.02. The third-order valence-corrected chi connectivity index (χ3v) is 3.67. The molecule has 0 bridgehead atoms. The minimum Gasteiger partial charge on any atom is -0.391 e. The van der Waals surface area contributed by atoms with Crippen LogP contribution in [0.4, 0.5) is 0 Å². The van der Waals surface area contributed by atoms with E-state index in [1.165, 1.54) is 6.42 Å². The summed E-state index contributed by atoms with van der Waals surface area (Å²) in [5.41, 5.74) is 0. The van der Waals surface area contributed by atoms with Crippen molar-refractivity contribution in [1.82, 2.24) is 10.6 Å². The first kappa shape index (κ1) is 14.7. The molecule has 2 fully saturated rings. The summed E-state index contributed by atoms with van der Waals surface area (Å²) in [7, 11) is 0. The van der Waals surface area contributed by atoms with Crippen LogP contribution in [0.2, 0.25) is 0 Å². The molecular formula is C12H23ClN2O2. The molecule has 1 saturated carbocycles. The van der Waals surface area contributed by atoms with Crippen molar-refractivity contribution in [2.75, 3.05) is 6.54 Å². The Balaban J connectivity index is 0.00000144. The van der Waals surface area contributed by atoms with Crippen LogP contribution in [-0.2, 0) is 4.79 Å². The fourth-order valence-corrected chi connectivity index (χ4v) is 2.70. The molecule has 5 heteroatoms. The van der Waals surface area contributed by atoms with Gasteiger partial charge in [-0.15, -0.1) is 12.4 Å². The quantitative estimate of drug-likeness (QED) is 0.710. The molecule has 3 N–H and O–H groups in total. The van der Waals surface area contributed by atoms with E-state index >= 15 is 0 Å². The fourth-order valence-electron chi connectivity index (χ4n) is 2.70. The molecule has 4 nitrogen and oxygen atoms in total. The third kappa shape index (κ3) is 4.45. The van der Waals surface area contributed by atoms with Crippen molar-refractivity contribution in [3.8, 4) is 0 Å². The van der Waals surface area contributed by atoms with Gasteiger partial charge in [-0.05, 0) is 32.2 Å². The smallest absolute Gasteiger partial charge is 0.221 e. The molecular weight excluding hydrogens is 240 g/mol. The molecule has 0 aromatic rings. The lowest BCUT2D eigenvalue weighted by atomic mass is 9.92. The predicted octanol–water partition coefficient (Wildman–Crippen LogP) is 0.970. The summed E-state index contributed by atoms with van der Waals surface area (Å²) in [6.45, 7) is 1.03. The minimum atomic E-state index is -0.339. The van der Waals surface area contributed by atoms with Crippen LogP contribution in [-0.4, -0.2) is 35.7 Å². The van der Waals surface area contributed by atoms with E-state index in [9.17, 15) is 9.90 Å². The molecule has 100 valence electrons. The van der Waals surface area contributed by atoms with Gasteiger partial charge in [-0.3, -0.25) is 4.79 Å². The zero-order valence-corrected chi connectivity index (χ0v) is 11.0. The van der Waals surface area contributed by atoms with Crippen LogP contribution >= 0.6 is 12.4 Å². The minimum absolute atomic E-state index is 0. The molecule has 2 aliphatic rings. The van der Waals surface area contributed by atoms with E-state index in [-0.39, 0.29) is 30.5 Å². The highest BCUT2D eigenvalue weighted by atomic mass is 35.5. The number of carbonyl (C=O) groups excluding carboxylic acids is 1. The van der Waals surface area contributed by atoms with Crippen LogP contribution in [0, 0.1) is 0 Å². The number of hydrogen-bond acceptors (Lipinski definition) is 3. The van der Waals surface area contributed by atoms with Crippen molar-refractivity contribution in [2.24, 2.45) is 0 Å². The number of amides is 1. The van der Waals surface area contributed by atoms with Gasteiger partial charge >= 0.3 is 0 Å². The summed E-state index contributed by atoms with van der Waals surface area (Å²) >= 11 is 0. The normalized spacial score (nSPS) is 32.9. The molecule has 2 rings (SSSR count). The summed E-state index contributed by atoms with van der Waals surface area (Å²) in [6.07, 6.45) is 6.43. The molecule has 0 spiro atoms. The van der Waals surface area contributed by atoms with Gasteiger partial charge in [-0.25, -0.2) is 0 Å². The van der Waals surface area contributed by atoms with E-state index in [1.807, 2.05) is 0 Å². The Morgan fingerprint density at radius 2 is 2.00 bits per heavy atom. The third-order valence-electron chi connectivity index (χ3n) is 3.67. The van der Waals surface area contributed by atoms with Gasteiger partial charge in [0.05, 0.1) is 12.1 Å². The molecule has 0 radical (unpaired) electrons. The second-order valence-electron chi connectivity index (χ2n) is 5.02. The lowest BCUT2D eigenvalue weighted by Crippen LogP contribution is -2.46. The summed E-state index contributed by atoms with van der Waals surface area (Å²) in [5, 5.41) is 16.0. The van der Waals surface area contributed by atoms with Crippen LogP contribution in [0.5, 0.6) is 0 Å². The second kappa shape index (κ2) is 7.19. The van der Waals surface area contributed by atoms with Crippen LogP contribution < -0.4 is 10.6 Å². The van der Waals surface area contributed by atoms with Crippen molar-refractivity contribution in [3.05, 3.63) is 0 Å². The lowest BCUT2D eigenvalue weighted by molar-refractivity contribution is -0.123. The van der Waals surface area contributed by atoms with E-state index in [1.54, 1.807) is 0 Å². The number of hydrogen-bond donors (Lipinski definition) is 3. The molecule has 17 heavy (non-hydrogen) atoms. The predicted molar refractivity (Wildman–Crippen MR) is 69.3 cm³/mol. The summed E-state index contributed by atoms with van der Waals surface area (Å²) in [6, 6.07) is 0.336. The maximum absolute atomic E-state index is 11.8. The molecule has 1 saturated heterocycles. The number of nitrogens with one attached hydrogen (secondary N) is 2. The molecule has 0 aromatic heterocycles.